The number of pyridine rings is 1. The first-order valence-corrected chi connectivity index (χ1v) is 12.4. The Morgan fingerprint density at radius 2 is 2.05 bits per heavy atom. The largest absolute Gasteiger partial charge is 0.497 e. The van der Waals surface area contributed by atoms with Gasteiger partial charge >= 0.3 is 0 Å². The van der Waals surface area contributed by atoms with E-state index in [0.29, 0.717) is 35.7 Å². The Labute approximate surface area is 217 Å². The van der Waals surface area contributed by atoms with Crippen molar-refractivity contribution in [3.05, 3.63) is 58.9 Å². The maximum atomic E-state index is 13.1. The summed E-state index contributed by atoms with van der Waals surface area (Å²) in [6.45, 7) is 2.50. The van der Waals surface area contributed by atoms with E-state index < -0.39 is 11.4 Å². The van der Waals surface area contributed by atoms with Crippen LogP contribution in [0.2, 0.25) is 0 Å². The molecular formula is C28H33N5O4. The summed E-state index contributed by atoms with van der Waals surface area (Å²) < 4.78 is 5.24. The number of ether oxygens (including phenoxy) is 1. The molecule has 2 aromatic rings. The number of amides is 3. The van der Waals surface area contributed by atoms with Crippen LogP contribution in [-0.2, 0) is 22.6 Å². The second kappa shape index (κ2) is 11.5. The molecule has 37 heavy (non-hydrogen) atoms. The number of rotatable bonds is 8. The molecule has 0 radical (unpaired) electrons. The third-order valence-electron chi connectivity index (χ3n) is 7.21. The van der Waals surface area contributed by atoms with E-state index in [1.54, 1.807) is 37.4 Å². The predicted molar refractivity (Wildman–Crippen MR) is 139 cm³/mol. The van der Waals surface area contributed by atoms with Gasteiger partial charge in [-0.25, -0.2) is 0 Å². The molecule has 1 fully saturated rings. The molecule has 0 aliphatic carbocycles. The van der Waals surface area contributed by atoms with Gasteiger partial charge in [0.1, 0.15) is 5.75 Å². The van der Waals surface area contributed by atoms with Crippen molar-refractivity contribution in [1.82, 2.24) is 25.4 Å². The van der Waals surface area contributed by atoms with Crippen LogP contribution in [0.25, 0.3) is 0 Å². The molecule has 1 aromatic carbocycles. The molecule has 1 saturated heterocycles. The Morgan fingerprint density at radius 1 is 1.27 bits per heavy atom. The van der Waals surface area contributed by atoms with E-state index in [0.717, 1.165) is 30.8 Å². The Kier molecular flexibility index (Phi) is 8.21. The SMILES string of the molecule is CN[C@](C#Cc1ccc(CC2CCN(C)CC2)nc1)(CN1Cc2ccc(OC)cc2C1=O)C(=O)NC=O. The van der Waals surface area contributed by atoms with Gasteiger partial charge in [-0.2, -0.15) is 0 Å². The monoisotopic (exact) mass is 503 g/mol. The third kappa shape index (κ3) is 5.98. The van der Waals surface area contributed by atoms with Gasteiger partial charge in [-0.1, -0.05) is 17.9 Å². The van der Waals surface area contributed by atoms with Crippen molar-refractivity contribution in [1.29, 1.82) is 0 Å². The van der Waals surface area contributed by atoms with E-state index in [2.05, 4.69) is 39.4 Å². The van der Waals surface area contributed by atoms with Crippen LogP contribution < -0.4 is 15.4 Å². The third-order valence-corrected chi connectivity index (χ3v) is 7.21. The summed E-state index contributed by atoms with van der Waals surface area (Å²) in [6.07, 6.45) is 5.30. The van der Waals surface area contributed by atoms with Gasteiger partial charge in [0.25, 0.3) is 11.8 Å². The van der Waals surface area contributed by atoms with Crippen LogP contribution in [0.5, 0.6) is 5.75 Å². The number of carbonyl (C=O) groups is 3. The maximum Gasteiger partial charge on any atom is 0.260 e. The standard InChI is InChI=1S/C28H33N5O4/c1-29-28(27(36)31-19-34,18-33-17-22-5-7-24(37-3)15-25(22)26(33)35)11-8-21-4-6-23(30-16-21)14-20-9-12-32(2)13-10-20/h4-7,15-16,19-20,29H,9-10,12-14,17-18H2,1-3H3,(H,31,34,36)/t28-/m1/s1. The first kappa shape index (κ1) is 26.3. The fraction of sp³-hybridized carbons (Fsp3) is 0.429. The number of carbonyl (C=O) groups excluding carboxylic acids is 3. The zero-order chi connectivity index (χ0) is 26.4. The number of methoxy groups -OCH3 is 1. The van der Waals surface area contributed by atoms with Crippen molar-refractivity contribution < 1.29 is 19.1 Å². The van der Waals surface area contributed by atoms with Crippen molar-refractivity contribution in [2.75, 3.05) is 40.8 Å². The minimum atomic E-state index is -1.50. The minimum Gasteiger partial charge on any atom is -0.497 e. The number of piperidine rings is 1. The van der Waals surface area contributed by atoms with E-state index >= 15 is 0 Å². The highest BCUT2D eigenvalue weighted by molar-refractivity contribution is 6.01. The number of hydrogen-bond donors (Lipinski definition) is 2. The Bertz CT molecular complexity index is 1210. The smallest absolute Gasteiger partial charge is 0.260 e. The van der Waals surface area contributed by atoms with Crippen LogP contribution in [0, 0.1) is 17.8 Å². The highest BCUT2D eigenvalue weighted by Gasteiger charge is 2.41. The molecular weight excluding hydrogens is 470 g/mol. The average molecular weight is 504 g/mol. The lowest BCUT2D eigenvalue weighted by Gasteiger charge is -2.30. The molecule has 0 spiro atoms. The van der Waals surface area contributed by atoms with Crippen molar-refractivity contribution in [2.45, 2.75) is 31.3 Å². The normalized spacial score (nSPS) is 17.4. The van der Waals surface area contributed by atoms with Gasteiger partial charge in [0.15, 0.2) is 5.54 Å². The van der Waals surface area contributed by atoms with Crippen molar-refractivity contribution in [3.63, 3.8) is 0 Å². The van der Waals surface area contributed by atoms with Crippen molar-refractivity contribution in [2.24, 2.45) is 5.92 Å². The minimum absolute atomic E-state index is 0.0480. The van der Waals surface area contributed by atoms with Gasteiger partial charge in [-0.05, 0) is 82.2 Å². The number of likely N-dealkylation sites (tertiary alicyclic amines) is 1. The summed E-state index contributed by atoms with van der Waals surface area (Å²) in [7, 11) is 5.28. The zero-order valence-corrected chi connectivity index (χ0v) is 21.5. The number of nitrogens with one attached hydrogen (secondary N) is 2. The molecule has 2 aliphatic heterocycles. The fourth-order valence-corrected chi connectivity index (χ4v) is 4.84. The van der Waals surface area contributed by atoms with Crippen LogP contribution in [0.3, 0.4) is 0 Å². The second-order valence-electron chi connectivity index (χ2n) is 9.67. The molecule has 0 saturated carbocycles. The number of fused-ring (bicyclic) bond motifs is 1. The number of likely N-dealkylation sites (N-methyl/N-ethyl adjacent to an activating group) is 1. The van der Waals surface area contributed by atoms with Crippen LogP contribution in [0.1, 0.15) is 40.0 Å². The molecule has 3 heterocycles. The van der Waals surface area contributed by atoms with Crippen LogP contribution in [0.4, 0.5) is 0 Å². The predicted octanol–water partition coefficient (Wildman–Crippen LogP) is 1.21. The van der Waals surface area contributed by atoms with E-state index in [1.165, 1.54) is 12.8 Å². The maximum absolute atomic E-state index is 13.1. The quantitative estimate of drug-likeness (QED) is 0.412. The summed E-state index contributed by atoms with van der Waals surface area (Å²) in [4.78, 5) is 45.7. The molecule has 194 valence electrons. The first-order chi connectivity index (χ1) is 17.9. The Hall–Kier alpha value is -3.74. The summed E-state index contributed by atoms with van der Waals surface area (Å²) >= 11 is 0. The van der Waals surface area contributed by atoms with Crippen molar-refractivity contribution >= 4 is 18.2 Å². The lowest BCUT2D eigenvalue weighted by Crippen LogP contribution is -2.60. The van der Waals surface area contributed by atoms with Crippen LogP contribution in [0.15, 0.2) is 36.5 Å². The van der Waals surface area contributed by atoms with E-state index in [9.17, 15) is 14.4 Å². The second-order valence-corrected chi connectivity index (χ2v) is 9.67. The summed E-state index contributed by atoms with van der Waals surface area (Å²) in [5.74, 6) is 6.37. The zero-order valence-electron chi connectivity index (χ0n) is 21.5. The Morgan fingerprint density at radius 3 is 2.70 bits per heavy atom. The average Bonchev–Trinajstić information content (AvgIpc) is 3.22. The lowest BCUT2D eigenvalue weighted by molar-refractivity contribution is -0.129. The van der Waals surface area contributed by atoms with E-state index in [-0.39, 0.29) is 12.5 Å². The Balaban J connectivity index is 1.52. The van der Waals surface area contributed by atoms with Gasteiger partial charge in [0.2, 0.25) is 6.41 Å². The van der Waals surface area contributed by atoms with E-state index in [1.807, 2.05) is 18.2 Å². The fourth-order valence-electron chi connectivity index (χ4n) is 4.84. The summed E-state index contributed by atoms with van der Waals surface area (Å²) in [5.41, 5.74) is 1.53. The number of aromatic nitrogens is 1. The lowest BCUT2D eigenvalue weighted by atomic mass is 9.92. The van der Waals surface area contributed by atoms with Gasteiger partial charge < -0.3 is 14.5 Å². The number of hydrogen-bond acceptors (Lipinski definition) is 7. The highest BCUT2D eigenvalue weighted by atomic mass is 16.5. The van der Waals surface area contributed by atoms with Crippen LogP contribution >= 0.6 is 0 Å². The summed E-state index contributed by atoms with van der Waals surface area (Å²) in [6, 6.07) is 9.19. The molecule has 3 amide bonds. The van der Waals surface area contributed by atoms with E-state index in [4.69, 9.17) is 4.74 Å². The van der Waals surface area contributed by atoms with Crippen molar-refractivity contribution in [3.8, 4) is 17.6 Å². The van der Waals surface area contributed by atoms with Gasteiger partial charge in [0.05, 0.1) is 13.7 Å². The molecule has 4 rings (SSSR count). The molecule has 2 N–H and O–H groups in total. The molecule has 2 aliphatic rings. The first-order valence-electron chi connectivity index (χ1n) is 12.4. The highest BCUT2D eigenvalue weighted by Crippen LogP contribution is 2.28. The molecule has 0 bridgehead atoms. The molecule has 9 nitrogen and oxygen atoms in total. The van der Waals surface area contributed by atoms with Gasteiger partial charge in [-0.15, -0.1) is 0 Å². The van der Waals surface area contributed by atoms with Gasteiger partial charge in [0, 0.05) is 29.6 Å². The number of imide groups is 1. The molecule has 1 atom stereocenters. The molecule has 9 heteroatoms. The van der Waals surface area contributed by atoms with Gasteiger partial charge in [-0.3, -0.25) is 30.0 Å². The number of benzene rings is 1. The van der Waals surface area contributed by atoms with Crippen LogP contribution in [-0.4, -0.2) is 79.4 Å². The topological polar surface area (TPSA) is 104 Å². The summed E-state index contributed by atoms with van der Waals surface area (Å²) in [5, 5.41) is 5.15. The molecule has 0 unspecified atom stereocenters. The number of nitrogens with zero attached hydrogens (tertiary/aromatic N) is 3. The molecule has 1 aromatic heterocycles.